The van der Waals surface area contributed by atoms with Crippen LogP contribution in [0, 0.1) is 6.92 Å². The van der Waals surface area contributed by atoms with Gasteiger partial charge in [0.25, 0.3) is 5.91 Å². The van der Waals surface area contributed by atoms with Crippen molar-refractivity contribution in [2.24, 2.45) is 0 Å². The van der Waals surface area contributed by atoms with E-state index >= 15 is 0 Å². The molecule has 0 aromatic heterocycles. The molecule has 1 saturated carbocycles. The fourth-order valence-electron chi connectivity index (χ4n) is 3.91. The molecule has 1 aliphatic carbocycles. The number of carbonyl (C=O) groups is 3. The smallest absolute Gasteiger partial charge is 0.331 e. The molecule has 2 aliphatic rings. The zero-order valence-corrected chi connectivity index (χ0v) is 15.1. The maximum atomic E-state index is 12.7. The largest absolute Gasteiger partial charge is 0.467 e. The Hall–Kier alpha value is -2.41. The molecular formula is C19H24N2O5. The van der Waals surface area contributed by atoms with Gasteiger partial charge in [0.2, 0.25) is 5.91 Å². The Labute approximate surface area is 152 Å². The number of methoxy groups -OCH3 is 1. The first-order valence-electron chi connectivity index (χ1n) is 8.85. The zero-order valence-electron chi connectivity index (χ0n) is 15.1. The second-order valence-electron chi connectivity index (χ2n) is 7.22. The Morgan fingerprint density at radius 2 is 1.96 bits per heavy atom. The molecule has 7 nitrogen and oxygen atoms in total. The van der Waals surface area contributed by atoms with Crippen LogP contribution in [0.3, 0.4) is 0 Å². The first kappa shape index (κ1) is 18.4. The highest BCUT2D eigenvalue weighted by molar-refractivity contribution is 6.07. The summed E-state index contributed by atoms with van der Waals surface area (Å²) in [7, 11) is 1.29. The molecule has 1 heterocycles. The number of hydrogen-bond donors (Lipinski definition) is 3. The van der Waals surface area contributed by atoms with Crippen LogP contribution in [0.1, 0.15) is 49.7 Å². The molecule has 2 amide bonds. The third kappa shape index (κ3) is 3.07. The number of aliphatic hydroxyl groups is 1. The quantitative estimate of drug-likeness (QED) is 0.706. The van der Waals surface area contributed by atoms with E-state index in [1.807, 2.05) is 13.0 Å². The maximum Gasteiger partial charge on any atom is 0.331 e. The van der Waals surface area contributed by atoms with Gasteiger partial charge < -0.3 is 20.5 Å². The molecule has 0 bridgehead atoms. The number of benzene rings is 1. The van der Waals surface area contributed by atoms with Crippen LogP contribution in [0.5, 0.6) is 0 Å². The minimum atomic E-state index is -1.95. The van der Waals surface area contributed by atoms with E-state index in [0.717, 1.165) is 24.8 Å². The molecule has 1 aliphatic heterocycles. The van der Waals surface area contributed by atoms with E-state index in [9.17, 15) is 19.5 Å². The predicted octanol–water partition coefficient (Wildman–Crippen LogP) is 1.52. The molecule has 1 atom stereocenters. The highest BCUT2D eigenvalue weighted by Gasteiger charge is 2.49. The van der Waals surface area contributed by atoms with Crippen LogP contribution in [-0.2, 0) is 24.7 Å². The van der Waals surface area contributed by atoms with Crippen molar-refractivity contribution in [3.63, 3.8) is 0 Å². The molecule has 1 fully saturated rings. The Balaban J connectivity index is 1.82. The lowest BCUT2D eigenvalue weighted by Gasteiger charge is -2.36. The molecule has 1 aromatic rings. The minimum absolute atomic E-state index is 0.383. The summed E-state index contributed by atoms with van der Waals surface area (Å²) < 4.78 is 4.89. The van der Waals surface area contributed by atoms with Crippen LogP contribution in [-0.4, -0.2) is 35.5 Å². The number of carbonyl (C=O) groups excluding carboxylic acids is 3. The lowest BCUT2D eigenvalue weighted by molar-refractivity contribution is -0.154. The minimum Gasteiger partial charge on any atom is -0.467 e. The average Bonchev–Trinajstić information content (AvgIpc) is 2.85. The van der Waals surface area contributed by atoms with Gasteiger partial charge in [-0.25, -0.2) is 4.79 Å². The van der Waals surface area contributed by atoms with Crippen molar-refractivity contribution < 1.29 is 24.2 Å². The van der Waals surface area contributed by atoms with Gasteiger partial charge in [-0.2, -0.15) is 0 Å². The van der Waals surface area contributed by atoms with Gasteiger partial charge in [-0.05, 0) is 25.8 Å². The lowest BCUT2D eigenvalue weighted by Crippen LogP contribution is -2.57. The van der Waals surface area contributed by atoms with E-state index in [1.54, 1.807) is 12.1 Å². The van der Waals surface area contributed by atoms with Crippen molar-refractivity contribution in [3.8, 4) is 0 Å². The van der Waals surface area contributed by atoms with Crippen molar-refractivity contribution in [2.45, 2.75) is 56.6 Å². The van der Waals surface area contributed by atoms with Crippen LogP contribution in [0.25, 0.3) is 0 Å². The molecule has 0 spiro atoms. The standard InChI is InChI=1S/C19H24N2O5/c1-12-6-7-14-13(10-12)19(25,16(23)20-14)11-15(22)21-18(17(24)26-2)8-4-3-5-9-18/h6-7,10,25H,3-5,8-9,11H2,1-2H3,(H,20,23)(H,21,22). The van der Waals surface area contributed by atoms with E-state index in [-0.39, 0.29) is 0 Å². The van der Waals surface area contributed by atoms with Crippen molar-refractivity contribution in [2.75, 3.05) is 12.4 Å². The zero-order chi connectivity index (χ0) is 18.9. The Kier molecular flexibility index (Phi) is 4.75. The Morgan fingerprint density at radius 3 is 2.62 bits per heavy atom. The number of amides is 2. The lowest BCUT2D eigenvalue weighted by atomic mass is 9.81. The number of fused-ring (bicyclic) bond motifs is 1. The highest BCUT2D eigenvalue weighted by Crippen LogP contribution is 2.39. The summed E-state index contributed by atoms with van der Waals surface area (Å²) in [6, 6.07) is 5.21. The van der Waals surface area contributed by atoms with E-state index in [4.69, 9.17) is 4.74 Å². The first-order valence-corrected chi connectivity index (χ1v) is 8.85. The van der Waals surface area contributed by atoms with Crippen molar-refractivity contribution in [3.05, 3.63) is 29.3 Å². The van der Waals surface area contributed by atoms with Crippen LogP contribution < -0.4 is 10.6 Å². The molecule has 0 radical (unpaired) electrons. The fraction of sp³-hybridized carbons (Fsp3) is 0.526. The van der Waals surface area contributed by atoms with Gasteiger partial charge in [0.1, 0.15) is 5.54 Å². The average molecular weight is 360 g/mol. The van der Waals surface area contributed by atoms with Gasteiger partial charge >= 0.3 is 5.97 Å². The number of anilines is 1. The number of rotatable bonds is 4. The van der Waals surface area contributed by atoms with Crippen molar-refractivity contribution in [1.82, 2.24) is 5.32 Å². The van der Waals surface area contributed by atoms with Crippen LogP contribution in [0.2, 0.25) is 0 Å². The normalized spacial score (nSPS) is 23.7. The molecule has 140 valence electrons. The van der Waals surface area contributed by atoms with Crippen LogP contribution >= 0.6 is 0 Å². The summed E-state index contributed by atoms with van der Waals surface area (Å²) in [5.74, 6) is -1.67. The molecule has 0 saturated heterocycles. The van der Waals surface area contributed by atoms with E-state index < -0.39 is 35.3 Å². The predicted molar refractivity (Wildman–Crippen MR) is 94.3 cm³/mol. The van der Waals surface area contributed by atoms with Gasteiger partial charge in [0, 0.05) is 11.3 Å². The Morgan fingerprint density at radius 1 is 1.27 bits per heavy atom. The first-order chi connectivity index (χ1) is 12.3. The third-order valence-corrected chi connectivity index (χ3v) is 5.32. The van der Waals surface area contributed by atoms with Gasteiger partial charge in [-0.1, -0.05) is 37.0 Å². The summed E-state index contributed by atoms with van der Waals surface area (Å²) in [6.45, 7) is 1.85. The fourth-order valence-corrected chi connectivity index (χ4v) is 3.91. The second kappa shape index (κ2) is 6.72. The molecular weight excluding hydrogens is 336 g/mol. The number of esters is 1. The highest BCUT2D eigenvalue weighted by atomic mass is 16.5. The number of aryl methyl sites for hydroxylation is 1. The number of nitrogens with one attached hydrogen (secondary N) is 2. The number of hydrogen-bond acceptors (Lipinski definition) is 5. The van der Waals surface area contributed by atoms with Gasteiger partial charge in [-0.3, -0.25) is 9.59 Å². The van der Waals surface area contributed by atoms with Crippen molar-refractivity contribution >= 4 is 23.5 Å². The van der Waals surface area contributed by atoms with E-state index in [1.165, 1.54) is 7.11 Å². The summed E-state index contributed by atoms with van der Waals surface area (Å²) >= 11 is 0. The summed E-state index contributed by atoms with van der Waals surface area (Å²) in [5, 5.41) is 16.3. The molecule has 3 N–H and O–H groups in total. The third-order valence-electron chi connectivity index (χ3n) is 5.32. The van der Waals surface area contributed by atoms with Gasteiger partial charge in [0.15, 0.2) is 5.60 Å². The van der Waals surface area contributed by atoms with E-state index in [2.05, 4.69) is 10.6 Å². The van der Waals surface area contributed by atoms with Crippen LogP contribution in [0.4, 0.5) is 5.69 Å². The summed E-state index contributed by atoms with van der Waals surface area (Å²) in [4.78, 5) is 37.3. The molecule has 1 unspecified atom stereocenters. The monoisotopic (exact) mass is 360 g/mol. The molecule has 26 heavy (non-hydrogen) atoms. The van der Waals surface area contributed by atoms with E-state index in [0.29, 0.717) is 24.1 Å². The molecule has 7 heteroatoms. The molecule has 1 aromatic carbocycles. The number of ether oxygens (including phenoxy) is 1. The van der Waals surface area contributed by atoms with Gasteiger partial charge in [-0.15, -0.1) is 0 Å². The summed E-state index contributed by atoms with van der Waals surface area (Å²) in [6.07, 6.45) is 3.14. The van der Waals surface area contributed by atoms with Crippen LogP contribution in [0.15, 0.2) is 18.2 Å². The SMILES string of the molecule is COC(=O)C1(NC(=O)CC2(O)C(=O)Nc3ccc(C)cc32)CCCCC1. The topological polar surface area (TPSA) is 105 Å². The Bertz CT molecular complexity index is 754. The summed E-state index contributed by atoms with van der Waals surface area (Å²) in [5.41, 5.74) is -1.27. The second-order valence-corrected chi connectivity index (χ2v) is 7.22. The molecule has 3 rings (SSSR count). The van der Waals surface area contributed by atoms with Gasteiger partial charge in [0.05, 0.1) is 13.5 Å². The maximum absolute atomic E-state index is 12.7. The van der Waals surface area contributed by atoms with Crippen molar-refractivity contribution in [1.29, 1.82) is 0 Å².